The SMILES string of the molecule is Cc1ccc(NCCN2CCCC2)c(N)c1. The Kier molecular flexibility index (Phi) is 3.67. The first-order chi connectivity index (χ1) is 7.75. The molecule has 0 bridgehead atoms. The van der Waals surface area contributed by atoms with Crippen LogP contribution in [-0.4, -0.2) is 31.1 Å². The van der Waals surface area contributed by atoms with E-state index in [1.165, 1.54) is 31.5 Å². The fourth-order valence-corrected chi connectivity index (χ4v) is 2.20. The Morgan fingerprint density at radius 2 is 2.06 bits per heavy atom. The predicted molar refractivity (Wildman–Crippen MR) is 69.8 cm³/mol. The number of nitrogens with one attached hydrogen (secondary N) is 1. The molecule has 1 aliphatic heterocycles. The van der Waals surface area contributed by atoms with Gasteiger partial charge in [0.2, 0.25) is 0 Å². The van der Waals surface area contributed by atoms with E-state index in [0.717, 1.165) is 24.5 Å². The Bertz CT molecular complexity index is 343. The molecule has 0 spiro atoms. The lowest BCUT2D eigenvalue weighted by molar-refractivity contribution is 0.353. The Hall–Kier alpha value is -1.22. The van der Waals surface area contributed by atoms with Crippen LogP contribution < -0.4 is 11.1 Å². The minimum Gasteiger partial charge on any atom is -0.397 e. The van der Waals surface area contributed by atoms with E-state index in [4.69, 9.17) is 5.73 Å². The number of hydrogen-bond acceptors (Lipinski definition) is 3. The van der Waals surface area contributed by atoms with Crippen LogP contribution in [0.5, 0.6) is 0 Å². The molecule has 3 N–H and O–H groups in total. The molecule has 0 unspecified atom stereocenters. The van der Waals surface area contributed by atoms with Crippen molar-refractivity contribution in [2.45, 2.75) is 19.8 Å². The fourth-order valence-electron chi connectivity index (χ4n) is 2.20. The first kappa shape index (κ1) is 11.3. The number of aryl methyl sites for hydroxylation is 1. The van der Waals surface area contributed by atoms with Crippen molar-refractivity contribution in [2.24, 2.45) is 0 Å². The van der Waals surface area contributed by atoms with Gasteiger partial charge in [-0.25, -0.2) is 0 Å². The number of hydrogen-bond donors (Lipinski definition) is 2. The van der Waals surface area contributed by atoms with E-state index in [-0.39, 0.29) is 0 Å². The molecule has 1 aromatic rings. The molecule has 1 fully saturated rings. The van der Waals surface area contributed by atoms with Gasteiger partial charge in [-0.05, 0) is 50.6 Å². The number of anilines is 2. The summed E-state index contributed by atoms with van der Waals surface area (Å²) in [5.74, 6) is 0. The third-order valence-electron chi connectivity index (χ3n) is 3.15. The quantitative estimate of drug-likeness (QED) is 0.762. The van der Waals surface area contributed by atoms with Gasteiger partial charge in [-0.1, -0.05) is 6.07 Å². The minimum absolute atomic E-state index is 0.849. The highest BCUT2D eigenvalue weighted by Gasteiger charge is 2.10. The highest BCUT2D eigenvalue weighted by Crippen LogP contribution is 2.19. The summed E-state index contributed by atoms with van der Waals surface area (Å²) >= 11 is 0. The Morgan fingerprint density at radius 1 is 1.31 bits per heavy atom. The molecule has 1 saturated heterocycles. The van der Waals surface area contributed by atoms with Crippen molar-refractivity contribution in [3.63, 3.8) is 0 Å². The molecule has 0 amide bonds. The van der Waals surface area contributed by atoms with Crippen LogP contribution in [0.15, 0.2) is 18.2 Å². The molecule has 0 saturated carbocycles. The number of benzene rings is 1. The fraction of sp³-hybridized carbons (Fsp3) is 0.538. The average Bonchev–Trinajstić information content (AvgIpc) is 2.74. The molecule has 2 rings (SSSR count). The molecule has 88 valence electrons. The monoisotopic (exact) mass is 219 g/mol. The van der Waals surface area contributed by atoms with Crippen molar-refractivity contribution in [3.05, 3.63) is 23.8 Å². The van der Waals surface area contributed by atoms with Crippen molar-refractivity contribution >= 4 is 11.4 Å². The van der Waals surface area contributed by atoms with Gasteiger partial charge >= 0.3 is 0 Å². The summed E-state index contributed by atoms with van der Waals surface area (Å²) in [7, 11) is 0. The van der Waals surface area contributed by atoms with E-state index in [1.807, 2.05) is 6.07 Å². The normalized spacial score (nSPS) is 16.6. The Morgan fingerprint density at radius 3 is 2.75 bits per heavy atom. The van der Waals surface area contributed by atoms with Gasteiger partial charge in [0.1, 0.15) is 0 Å². The van der Waals surface area contributed by atoms with Crippen LogP contribution in [0.3, 0.4) is 0 Å². The number of nitrogens with zero attached hydrogens (tertiary/aromatic N) is 1. The van der Waals surface area contributed by atoms with Crippen LogP contribution in [0.4, 0.5) is 11.4 Å². The molecule has 1 heterocycles. The molecule has 1 aromatic carbocycles. The van der Waals surface area contributed by atoms with E-state index >= 15 is 0 Å². The molecule has 1 aliphatic rings. The van der Waals surface area contributed by atoms with E-state index in [9.17, 15) is 0 Å². The van der Waals surface area contributed by atoms with Gasteiger partial charge in [-0.15, -0.1) is 0 Å². The molecule has 0 radical (unpaired) electrons. The predicted octanol–water partition coefficient (Wildman–Crippen LogP) is 2.08. The molecule has 3 nitrogen and oxygen atoms in total. The van der Waals surface area contributed by atoms with Gasteiger partial charge in [0.25, 0.3) is 0 Å². The van der Waals surface area contributed by atoms with Gasteiger partial charge in [0.15, 0.2) is 0 Å². The summed E-state index contributed by atoms with van der Waals surface area (Å²) in [4.78, 5) is 2.50. The standard InChI is InChI=1S/C13H21N3/c1-11-4-5-13(12(14)10-11)15-6-9-16-7-2-3-8-16/h4-5,10,15H,2-3,6-9,14H2,1H3. The molecule has 0 atom stereocenters. The zero-order chi connectivity index (χ0) is 11.4. The smallest absolute Gasteiger partial charge is 0.0574 e. The second-order valence-corrected chi connectivity index (χ2v) is 4.57. The zero-order valence-corrected chi connectivity index (χ0v) is 10.00. The van der Waals surface area contributed by atoms with Gasteiger partial charge in [-0.2, -0.15) is 0 Å². The second kappa shape index (κ2) is 5.21. The summed E-state index contributed by atoms with van der Waals surface area (Å²) in [6.45, 7) is 6.67. The largest absolute Gasteiger partial charge is 0.397 e. The van der Waals surface area contributed by atoms with Gasteiger partial charge in [0, 0.05) is 13.1 Å². The van der Waals surface area contributed by atoms with E-state index < -0.39 is 0 Å². The maximum absolute atomic E-state index is 5.94. The third kappa shape index (κ3) is 2.89. The van der Waals surface area contributed by atoms with Crippen LogP contribution >= 0.6 is 0 Å². The van der Waals surface area contributed by atoms with Crippen LogP contribution in [0, 0.1) is 6.92 Å². The summed E-state index contributed by atoms with van der Waals surface area (Å²) in [5.41, 5.74) is 9.06. The number of nitrogens with two attached hydrogens (primary N) is 1. The number of likely N-dealkylation sites (tertiary alicyclic amines) is 1. The molecular formula is C13H21N3. The molecule has 3 heteroatoms. The van der Waals surface area contributed by atoms with E-state index in [2.05, 4.69) is 29.3 Å². The molecule has 16 heavy (non-hydrogen) atoms. The van der Waals surface area contributed by atoms with Gasteiger partial charge in [-0.3, -0.25) is 0 Å². The third-order valence-corrected chi connectivity index (χ3v) is 3.15. The molecular weight excluding hydrogens is 198 g/mol. The van der Waals surface area contributed by atoms with Crippen molar-refractivity contribution < 1.29 is 0 Å². The summed E-state index contributed by atoms with van der Waals surface area (Å²) in [6.07, 6.45) is 2.71. The van der Waals surface area contributed by atoms with Gasteiger partial charge in [0.05, 0.1) is 11.4 Å². The van der Waals surface area contributed by atoms with Crippen LogP contribution in [0.2, 0.25) is 0 Å². The average molecular weight is 219 g/mol. The highest BCUT2D eigenvalue weighted by atomic mass is 15.1. The Balaban J connectivity index is 1.80. The summed E-state index contributed by atoms with van der Waals surface area (Å²) < 4.78 is 0. The number of nitrogen functional groups attached to an aromatic ring is 1. The topological polar surface area (TPSA) is 41.3 Å². The second-order valence-electron chi connectivity index (χ2n) is 4.57. The van der Waals surface area contributed by atoms with Crippen molar-refractivity contribution in [2.75, 3.05) is 37.2 Å². The van der Waals surface area contributed by atoms with Crippen molar-refractivity contribution in [3.8, 4) is 0 Å². The minimum atomic E-state index is 0.849. The van der Waals surface area contributed by atoms with Crippen LogP contribution in [0.25, 0.3) is 0 Å². The summed E-state index contributed by atoms with van der Waals surface area (Å²) in [6, 6.07) is 6.17. The van der Waals surface area contributed by atoms with Gasteiger partial charge < -0.3 is 16.0 Å². The highest BCUT2D eigenvalue weighted by molar-refractivity contribution is 5.66. The first-order valence-corrected chi connectivity index (χ1v) is 6.08. The zero-order valence-electron chi connectivity index (χ0n) is 10.00. The maximum atomic E-state index is 5.94. The lowest BCUT2D eigenvalue weighted by Gasteiger charge is -2.16. The Labute approximate surface area is 97.6 Å². The molecule has 0 aliphatic carbocycles. The first-order valence-electron chi connectivity index (χ1n) is 6.08. The maximum Gasteiger partial charge on any atom is 0.0574 e. The van der Waals surface area contributed by atoms with E-state index in [0.29, 0.717) is 0 Å². The van der Waals surface area contributed by atoms with Crippen molar-refractivity contribution in [1.82, 2.24) is 4.90 Å². The van der Waals surface area contributed by atoms with E-state index in [1.54, 1.807) is 0 Å². The van der Waals surface area contributed by atoms with Crippen molar-refractivity contribution in [1.29, 1.82) is 0 Å². The lowest BCUT2D eigenvalue weighted by Crippen LogP contribution is -2.26. The van der Waals surface area contributed by atoms with Crippen LogP contribution in [0.1, 0.15) is 18.4 Å². The van der Waals surface area contributed by atoms with Crippen LogP contribution in [-0.2, 0) is 0 Å². The lowest BCUT2D eigenvalue weighted by atomic mass is 10.2. The number of rotatable bonds is 4. The summed E-state index contributed by atoms with van der Waals surface area (Å²) in [5, 5.41) is 3.40. The molecule has 0 aromatic heterocycles.